The van der Waals surface area contributed by atoms with Crippen LogP contribution < -0.4 is 5.32 Å². The summed E-state index contributed by atoms with van der Waals surface area (Å²) in [7, 11) is 0. The molecule has 0 saturated heterocycles. The number of nitrogens with one attached hydrogen (secondary N) is 1. The van der Waals surface area contributed by atoms with Crippen LogP contribution in [0.1, 0.15) is 56.3 Å². The van der Waals surface area contributed by atoms with Gasteiger partial charge < -0.3 is 10.1 Å². The molecule has 1 aromatic rings. The Morgan fingerprint density at radius 2 is 2.00 bits per heavy atom. The molecule has 0 radical (unpaired) electrons. The summed E-state index contributed by atoms with van der Waals surface area (Å²) in [4.78, 5) is 0. The molecular weight excluding hydrogens is 222 g/mol. The summed E-state index contributed by atoms with van der Waals surface area (Å²) in [5.74, 6) is 0.664. The van der Waals surface area contributed by atoms with E-state index in [0.29, 0.717) is 12.0 Å². The average Bonchev–Trinajstić information content (AvgIpc) is 2.86. The number of fused-ring (bicyclic) bond motifs is 1. The number of hydrogen-bond donors (Lipinski definition) is 1. The molecule has 2 nitrogen and oxygen atoms in total. The Kier molecular flexibility index (Phi) is 4.79. The molecule has 0 fully saturated rings. The molecule has 1 N–H and O–H groups in total. The highest BCUT2D eigenvalue weighted by molar-refractivity contribution is 5.34. The van der Waals surface area contributed by atoms with Crippen molar-refractivity contribution in [3.63, 3.8) is 0 Å². The van der Waals surface area contributed by atoms with E-state index in [9.17, 15) is 0 Å². The maximum Gasteiger partial charge on any atom is 0.0725 e. The molecule has 2 atom stereocenters. The van der Waals surface area contributed by atoms with Crippen LogP contribution in [0.4, 0.5) is 0 Å². The summed E-state index contributed by atoms with van der Waals surface area (Å²) in [5, 5.41) is 3.69. The molecule has 1 heterocycles. The molecular formula is C16H25NO. The maximum absolute atomic E-state index is 5.50. The van der Waals surface area contributed by atoms with Gasteiger partial charge in [0.2, 0.25) is 0 Å². The largest absolute Gasteiger partial charge is 0.372 e. The SMILES string of the molecule is CCCNC(c1ccc2c(c1)COC2)C(C)CC. The van der Waals surface area contributed by atoms with Gasteiger partial charge in [0.05, 0.1) is 13.2 Å². The van der Waals surface area contributed by atoms with E-state index in [0.717, 1.165) is 19.8 Å². The quantitative estimate of drug-likeness (QED) is 0.825. The van der Waals surface area contributed by atoms with Crippen LogP contribution in [0, 0.1) is 5.92 Å². The predicted molar refractivity (Wildman–Crippen MR) is 75.4 cm³/mol. The summed E-state index contributed by atoms with van der Waals surface area (Å²) in [5.41, 5.74) is 4.15. The Hall–Kier alpha value is -0.860. The van der Waals surface area contributed by atoms with Crippen molar-refractivity contribution in [3.8, 4) is 0 Å². The second-order valence-corrected chi connectivity index (χ2v) is 5.34. The van der Waals surface area contributed by atoms with E-state index in [2.05, 4.69) is 44.3 Å². The Labute approximate surface area is 111 Å². The van der Waals surface area contributed by atoms with E-state index < -0.39 is 0 Å². The van der Waals surface area contributed by atoms with E-state index in [4.69, 9.17) is 4.74 Å². The fourth-order valence-electron chi connectivity index (χ4n) is 2.57. The zero-order chi connectivity index (χ0) is 13.0. The average molecular weight is 247 g/mol. The third-order valence-electron chi connectivity index (χ3n) is 3.93. The smallest absolute Gasteiger partial charge is 0.0725 e. The van der Waals surface area contributed by atoms with E-state index in [1.54, 1.807) is 0 Å². The van der Waals surface area contributed by atoms with Crippen molar-refractivity contribution in [3.05, 3.63) is 34.9 Å². The minimum atomic E-state index is 0.473. The zero-order valence-corrected chi connectivity index (χ0v) is 11.8. The normalized spacial score (nSPS) is 17.5. The first-order valence-electron chi connectivity index (χ1n) is 7.19. The lowest BCUT2D eigenvalue weighted by molar-refractivity contribution is 0.134. The third-order valence-corrected chi connectivity index (χ3v) is 3.93. The highest BCUT2D eigenvalue weighted by atomic mass is 16.5. The number of benzene rings is 1. The molecule has 0 aliphatic carbocycles. The monoisotopic (exact) mass is 247 g/mol. The molecule has 1 aromatic carbocycles. The highest BCUT2D eigenvalue weighted by Gasteiger charge is 2.19. The Bertz CT molecular complexity index is 389. The van der Waals surface area contributed by atoms with Crippen molar-refractivity contribution >= 4 is 0 Å². The maximum atomic E-state index is 5.50. The van der Waals surface area contributed by atoms with Crippen LogP contribution >= 0.6 is 0 Å². The summed E-state index contributed by atoms with van der Waals surface area (Å²) >= 11 is 0. The summed E-state index contributed by atoms with van der Waals surface area (Å²) < 4.78 is 5.50. The minimum absolute atomic E-state index is 0.473. The highest BCUT2D eigenvalue weighted by Crippen LogP contribution is 2.28. The van der Waals surface area contributed by atoms with E-state index in [1.807, 2.05) is 0 Å². The molecule has 0 aromatic heterocycles. The number of rotatable bonds is 6. The Morgan fingerprint density at radius 3 is 2.72 bits per heavy atom. The molecule has 0 spiro atoms. The van der Waals surface area contributed by atoms with Crippen LogP contribution in [0.25, 0.3) is 0 Å². The van der Waals surface area contributed by atoms with Gasteiger partial charge >= 0.3 is 0 Å². The molecule has 2 heteroatoms. The number of ether oxygens (including phenoxy) is 1. The first kappa shape index (κ1) is 13.6. The van der Waals surface area contributed by atoms with Crippen molar-refractivity contribution in [2.45, 2.75) is 52.9 Å². The Morgan fingerprint density at radius 1 is 1.22 bits per heavy atom. The van der Waals surface area contributed by atoms with Gasteiger partial charge in [-0.25, -0.2) is 0 Å². The molecule has 1 aliphatic rings. The van der Waals surface area contributed by atoms with Gasteiger partial charge in [0, 0.05) is 6.04 Å². The van der Waals surface area contributed by atoms with Crippen LogP contribution in [0.15, 0.2) is 18.2 Å². The van der Waals surface area contributed by atoms with Crippen LogP contribution in [-0.2, 0) is 18.0 Å². The molecule has 2 rings (SSSR count). The summed E-state index contributed by atoms with van der Waals surface area (Å²) in [6.45, 7) is 9.47. The third kappa shape index (κ3) is 2.93. The van der Waals surface area contributed by atoms with Gasteiger partial charge in [0.25, 0.3) is 0 Å². The molecule has 0 bridgehead atoms. The van der Waals surface area contributed by atoms with E-state index >= 15 is 0 Å². The van der Waals surface area contributed by atoms with Gasteiger partial charge in [-0.05, 0) is 35.6 Å². The molecule has 0 saturated carbocycles. The number of hydrogen-bond acceptors (Lipinski definition) is 2. The zero-order valence-electron chi connectivity index (χ0n) is 11.8. The lowest BCUT2D eigenvalue weighted by Gasteiger charge is -2.25. The molecule has 18 heavy (non-hydrogen) atoms. The van der Waals surface area contributed by atoms with Crippen LogP contribution in [0.5, 0.6) is 0 Å². The first-order valence-corrected chi connectivity index (χ1v) is 7.19. The molecule has 100 valence electrons. The summed E-state index contributed by atoms with van der Waals surface area (Å²) in [6.07, 6.45) is 2.38. The van der Waals surface area contributed by atoms with Gasteiger partial charge in [-0.2, -0.15) is 0 Å². The second-order valence-electron chi connectivity index (χ2n) is 5.34. The first-order chi connectivity index (χ1) is 8.76. The lowest BCUT2D eigenvalue weighted by Crippen LogP contribution is -2.27. The van der Waals surface area contributed by atoms with Gasteiger partial charge in [0.15, 0.2) is 0 Å². The van der Waals surface area contributed by atoms with Crippen LogP contribution in [0.3, 0.4) is 0 Å². The van der Waals surface area contributed by atoms with Crippen molar-refractivity contribution in [2.24, 2.45) is 5.92 Å². The van der Waals surface area contributed by atoms with Gasteiger partial charge in [0.1, 0.15) is 0 Å². The molecule has 1 aliphatic heterocycles. The lowest BCUT2D eigenvalue weighted by atomic mass is 9.90. The van der Waals surface area contributed by atoms with Crippen molar-refractivity contribution in [2.75, 3.05) is 6.54 Å². The standard InChI is InChI=1S/C16H25NO/c1-4-8-17-16(12(3)5-2)13-6-7-14-10-18-11-15(14)9-13/h6-7,9,12,16-17H,4-5,8,10-11H2,1-3H3. The molecule has 0 amide bonds. The Balaban J connectivity index is 2.18. The fraction of sp³-hybridized carbons (Fsp3) is 0.625. The predicted octanol–water partition coefficient (Wildman–Crippen LogP) is 3.80. The van der Waals surface area contributed by atoms with Crippen molar-refractivity contribution in [1.82, 2.24) is 5.32 Å². The fourth-order valence-corrected chi connectivity index (χ4v) is 2.57. The van der Waals surface area contributed by atoms with Gasteiger partial charge in [-0.1, -0.05) is 45.4 Å². The van der Waals surface area contributed by atoms with Crippen molar-refractivity contribution < 1.29 is 4.74 Å². The van der Waals surface area contributed by atoms with Gasteiger partial charge in [-0.15, -0.1) is 0 Å². The van der Waals surface area contributed by atoms with Crippen molar-refractivity contribution in [1.29, 1.82) is 0 Å². The van der Waals surface area contributed by atoms with Gasteiger partial charge in [-0.3, -0.25) is 0 Å². The minimum Gasteiger partial charge on any atom is -0.372 e. The second kappa shape index (κ2) is 6.35. The molecule has 2 unspecified atom stereocenters. The van der Waals surface area contributed by atoms with E-state index in [-0.39, 0.29) is 0 Å². The van der Waals surface area contributed by atoms with Crippen LogP contribution in [0.2, 0.25) is 0 Å². The topological polar surface area (TPSA) is 21.3 Å². The van der Waals surface area contributed by atoms with Crippen LogP contribution in [-0.4, -0.2) is 6.54 Å². The summed E-state index contributed by atoms with van der Waals surface area (Å²) in [6, 6.07) is 7.32. The van der Waals surface area contributed by atoms with E-state index in [1.165, 1.54) is 29.5 Å².